The predicted octanol–water partition coefficient (Wildman–Crippen LogP) is 3.33. The highest BCUT2D eigenvalue weighted by atomic mass is 16.5. The Bertz CT molecular complexity index is 897. The molecule has 3 aromatic rings. The zero-order chi connectivity index (χ0) is 17.6. The molecule has 128 valence electrons. The van der Waals surface area contributed by atoms with E-state index in [1.54, 1.807) is 19.3 Å². The van der Waals surface area contributed by atoms with E-state index in [4.69, 9.17) is 4.52 Å². The van der Waals surface area contributed by atoms with Crippen molar-refractivity contribution in [2.75, 3.05) is 0 Å². The van der Waals surface area contributed by atoms with Crippen LogP contribution in [0.2, 0.25) is 0 Å². The Hall–Kier alpha value is -2.84. The molecule has 0 aliphatic rings. The molecule has 0 aliphatic heterocycles. The lowest BCUT2D eigenvalue weighted by molar-refractivity contribution is 0.184. The van der Waals surface area contributed by atoms with Gasteiger partial charge >= 0.3 is 0 Å². The second kappa shape index (κ2) is 7.82. The van der Waals surface area contributed by atoms with Crippen molar-refractivity contribution in [1.82, 2.24) is 14.7 Å². The molecule has 0 spiro atoms. The van der Waals surface area contributed by atoms with Gasteiger partial charge in [-0.15, -0.1) is 0 Å². The third-order valence-corrected chi connectivity index (χ3v) is 3.81. The summed E-state index contributed by atoms with van der Waals surface area (Å²) in [7, 11) is 0. The summed E-state index contributed by atoms with van der Waals surface area (Å²) in [5.74, 6) is 7.26. The Morgan fingerprint density at radius 1 is 1.28 bits per heavy atom. The van der Waals surface area contributed by atoms with Gasteiger partial charge in [0.2, 0.25) is 5.76 Å². The summed E-state index contributed by atoms with van der Waals surface area (Å²) in [6, 6.07) is 10.1. The zero-order valence-electron chi connectivity index (χ0n) is 14.4. The number of benzene rings is 1. The highest BCUT2D eigenvalue weighted by Crippen LogP contribution is 2.12. The maximum absolute atomic E-state index is 9.70. The predicted molar refractivity (Wildman–Crippen MR) is 94.9 cm³/mol. The first-order chi connectivity index (χ1) is 12.2. The monoisotopic (exact) mass is 335 g/mol. The smallest absolute Gasteiger partial charge is 0.210 e. The number of aromatic nitrogens is 3. The molecule has 1 N–H and O–H groups in total. The van der Waals surface area contributed by atoms with Crippen LogP contribution in [-0.2, 0) is 13.0 Å². The van der Waals surface area contributed by atoms with E-state index in [0.29, 0.717) is 18.1 Å². The van der Waals surface area contributed by atoms with Gasteiger partial charge in [0.15, 0.2) is 0 Å². The first kappa shape index (κ1) is 17.0. The van der Waals surface area contributed by atoms with Crippen LogP contribution in [0.25, 0.3) is 0 Å². The number of imidazole rings is 1. The Morgan fingerprint density at radius 2 is 2.16 bits per heavy atom. The van der Waals surface area contributed by atoms with E-state index in [1.165, 1.54) is 5.56 Å². The summed E-state index contributed by atoms with van der Waals surface area (Å²) in [5.41, 5.74) is 3.00. The van der Waals surface area contributed by atoms with Crippen molar-refractivity contribution >= 4 is 0 Å². The lowest BCUT2D eigenvalue weighted by Crippen LogP contribution is -2.07. The van der Waals surface area contributed by atoms with Crippen molar-refractivity contribution in [3.8, 4) is 11.8 Å². The normalized spacial score (nSPS) is 11.8. The molecule has 5 nitrogen and oxygen atoms in total. The van der Waals surface area contributed by atoms with Crippen molar-refractivity contribution in [3.63, 3.8) is 0 Å². The number of nitrogens with zero attached hydrogens (tertiary/aromatic N) is 3. The van der Waals surface area contributed by atoms with Crippen molar-refractivity contribution in [2.24, 2.45) is 0 Å². The second-order valence-electron chi connectivity index (χ2n) is 5.97. The lowest BCUT2D eigenvalue weighted by atomic mass is 10.1. The van der Waals surface area contributed by atoms with Gasteiger partial charge in [0.05, 0.1) is 6.54 Å². The Kier molecular flexibility index (Phi) is 5.32. The summed E-state index contributed by atoms with van der Waals surface area (Å²) >= 11 is 0. The van der Waals surface area contributed by atoms with Crippen molar-refractivity contribution in [1.29, 1.82) is 0 Å². The van der Waals surface area contributed by atoms with Crippen LogP contribution in [0.5, 0.6) is 0 Å². The first-order valence-corrected chi connectivity index (χ1v) is 8.41. The quantitative estimate of drug-likeness (QED) is 0.727. The summed E-state index contributed by atoms with van der Waals surface area (Å²) < 4.78 is 7.13. The molecule has 0 amide bonds. The zero-order valence-corrected chi connectivity index (χ0v) is 14.4. The van der Waals surface area contributed by atoms with Gasteiger partial charge in [0, 0.05) is 24.0 Å². The molecule has 1 atom stereocenters. The average Bonchev–Trinajstić information content (AvgIpc) is 3.23. The molecule has 2 aromatic heterocycles. The SMILES string of the molecule is CCCc1cccc(C#Cc2cc(Cn3ccnc3C(C)O)no2)c1. The van der Waals surface area contributed by atoms with Gasteiger partial charge in [-0.2, -0.15) is 0 Å². The molecule has 0 radical (unpaired) electrons. The number of rotatable bonds is 5. The molecule has 0 bridgehead atoms. The standard InChI is InChI=1S/C20H21N3O2/c1-3-5-16-6-4-7-17(12-16)8-9-19-13-18(22-25-19)14-23-11-10-21-20(23)15(2)24/h4,6-7,10-13,15,24H,3,5,14H2,1-2H3. The maximum Gasteiger partial charge on any atom is 0.210 e. The Labute approximate surface area is 147 Å². The van der Waals surface area contributed by atoms with Gasteiger partial charge in [0.25, 0.3) is 0 Å². The fraction of sp³-hybridized carbons (Fsp3) is 0.300. The van der Waals surface area contributed by atoms with E-state index in [-0.39, 0.29) is 0 Å². The van der Waals surface area contributed by atoms with Gasteiger partial charge < -0.3 is 14.2 Å². The molecule has 0 saturated heterocycles. The largest absolute Gasteiger partial charge is 0.385 e. The van der Waals surface area contributed by atoms with Crippen LogP contribution in [0, 0.1) is 11.8 Å². The van der Waals surface area contributed by atoms with E-state index in [0.717, 1.165) is 24.1 Å². The molecule has 3 rings (SSSR count). The van der Waals surface area contributed by atoms with Crippen LogP contribution in [0.4, 0.5) is 0 Å². The summed E-state index contributed by atoms with van der Waals surface area (Å²) in [5, 5.41) is 13.7. The number of hydrogen-bond acceptors (Lipinski definition) is 4. The molecule has 0 saturated carbocycles. The van der Waals surface area contributed by atoms with E-state index in [1.807, 2.05) is 22.8 Å². The van der Waals surface area contributed by atoms with Gasteiger partial charge in [-0.3, -0.25) is 0 Å². The second-order valence-corrected chi connectivity index (χ2v) is 5.97. The number of hydrogen-bond donors (Lipinski definition) is 1. The van der Waals surface area contributed by atoms with Gasteiger partial charge in [0.1, 0.15) is 17.6 Å². The Balaban J connectivity index is 1.72. The van der Waals surface area contributed by atoms with Crippen LogP contribution >= 0.6 is 0 Å². The van der Waals surface area contributed by atoms with Crippen LogP contribution in [0.1, 0.15) is 54.8 Å². The van der Waals surface area contributed by atoms with E-state index < -0.39 is 6.10 Å². The summed E-state index contributed by atoms with van der Waals surface area (Å²) in [6.07, 6.45) is 5.01. The van der Waals surface area contributed by atoms with Crippen LogP contribution < -0.4 is 0 Å². The number of aryl methyl sites for hydroxylation is 1. The van der Waals surface area contributed by atoms with Crippen molar-refractivity contribution in [3.05, 3.63) is 71.1 Å². The molecule has 0 aliphatic carbocycles. The number of aliphatic hydroxyl groups is 1. The van der Waals surface area contributed by atoms with Gasteiger partial charge in [-0.25, -0.2) is 4.98 Å². The summed E-state index contributed by atoms with van der Waals surface area (Å²) in [4.78, 5) is 4.14. The molecular weight excluding hydrogens is 314 g/mol. The van der Waals surface area contributed by atoms with Crippen LogP contribution in [0.3, 0.4) is 0 Å². The Morgan fingerprint density at radius 3 is 2.96 bits per heavy atom. The molecule has 1 aromatic carbocycles. The van der Waals surface area contributed by atoms with Crippen molar-refractivity contribution < 1.29 is 9.63 Å². The third kappa shape index (κ3) is 4.37. The first-order valence-electron chi connectivity index (χ1n) is 8.41. The minimum Gasteiger partial charge on any atom is -0.385 e. The topological polar surface area (TPSA) is 64.1 Å². The highest BCUT2D eigenvalue weighted by Gasteiger charge is 2.10. The fourth-order valence-corrected chi connectivity index (χ4v) is 2.67. The minimum atomic E-state index is -0.628. The van der Waals surface area contributed by atoms with Crippen LogP contribution in [-0.4, -0.2) is 19.8 Å². The summed E-state index contributed by atoms with van der Waals surface area (Å²) in [6.45, 7) is 4.33. The maximum atomic E-state index is 9.70. The van der Waals surface area contributed by atoms with Crippen LogP contribution in [0.15, 0.2) is 47.2 Å². The molecular formula is C20H21N3O2. The van der Waals surface area contributed by atoms with Gasteiger partial charge in [-0.1, -0.05) is 36.6 Å². The van der Waals surface area contributed by atoms with Gasteiger partial charge in [-0.05, 0) is 37.0 Å². The highest BCUT2D eigenvalue weighted by molar-refractivity contribution is 5.41. The molecule has 2 heterocycles. The molecule has 25 heavy (non-hydrogen) atoms. The van der Waals surface area contributed by atoms with E-state index in [9.17, 15) is 5.11 Å². The minimum absolute atomic E-state index is 0.484. The third-order valence-electron chi connectivity index (χ3n) is 3.81. The molecule has 0 fully saturated rings. The average molecular weight is 335 g/mol. The van der Waals surface area contributed by atoms with E-state index >= 15 is 0 Å². The van der Waals surface area contributed by atoms with Crippen molar-refractivity contribution in [2.45, 2.75) is 39.3 Å². The number of aliphatic hydroxyl groups excluding tert-OH is 1. The molecule has 5 heteroatoms. The lowest BCUT2D eigenvalue weighted by Gasteiger charge is -2.07. The molecule has 1 unspecified atom stereocenters. The fourth-order valence-electron chi connectivity index (χ4n) is 2.67. The van der Waals surface area contributed by atoms with E-state index in [2.05, 4.69) is 41.0 Å².